The second-order valence-corrected chi connectivity index (χ2v) is 53.3. The SMILES string of the molecule is CC(C)(C)CCc1ccc(OC(C)(C)C)cc1.CC(C)(C)CCc1cccc(O)c1.CC(C)(C)CCc1cccc(OC(C)(C)C)c1.CC(C)(C)CCc1ccccc1O.CCOc1ccc(CCC(C)(C)C)cc1.CCOc1cccc(CCC(C)(C)C)c1.CCOc1ccccc1CCC(C)(C)C.COc1ccc(CCC(C)(C)C)cc1.COc1cccc(CCC(C)(C)C)c1.COc1ccccc1CCC(C)(C)C. The van der Waals surface area contributed by atoms with Gasteiger partial charge in [-0.2, -0.15) is 0 Å². The number of aryl methyl sites for hydroxylation is 10. The van der Waals surface area contributed by atoms with Crippen molar-refractivity contribution in [1.82, 2.24) is 0 Å². The molecule has 0 saturated heterocycles. The van der Waals surface area contributed by atoms with E-state index < -0.39 is 0 Å². The van der Waals surface area contributed by atoms with Gasteiger partial charge in [0, 0.05) is 0 Å². The Hall–Kier alpha value is -9.80. The first-order valence-corrected chi connectivity index (χ1v) is 55.0. The van der Waals surface area contributed by atoms with E-state index in [0.29, 0.717) is 65.6 Å². The number of hydrogen-bond donors (Lipinski definition) is 2. The lowest BCUT2D eigenvalue weighted by Crippen LogP contribution is -2.22. The highest BCUT2D eigenvalue weighted by Gasteiger charge is 2.21. The van der Waals surface area contributed by atoms with Crippen LogP contribution in [0, 0.1) is 54.1 Å². The van der Waals surface area contributed by atoms with Gasteiger partial charge in [-0.25, -0.2) is 0 Å². The number of aromatic hydroxyl groups is 2. The Morgan fingerprint density at radius 1 is 0.190 bits per heavy atom. The molecule has 0 unspecified atom stereocenters. The summed E-state index contributed by atoms with van der Waals surface area (Å²) < 4.78 is 43.8. The first-order valence-electron chi connectivity index (χ1n) is 55.0. The van der Waals surface area contributed by atoms with Crippen molar-refractivity contribution in [3.8, 4) is 57.5 Å². The summed E-state index contributed by atoms with van der Waals surface area (Å²) in [5.74, 6) is 8.63. The van der Waals surface area contributed by atoms with Crippen LogP contribution in [0.15, 0.2) is 243 Å². The number of methoxy groups -OCH3 is 3. The van der Waals surface area contributed by atoms with Gasteiger partial charge in [0.05, 0.1) is 41.2 Å². The largest absolute Gasteiger partial charge is 0.508 e. The molecule has 0 aliphatic heterocycles. The molecule has 0 spiro atoms. The second-order valence-electron chi connectivity index (χ2n) is 53.3. The van der Waals surface area contributed by atoms with Crippen molar-refractivity contribution >= 4 is 0 Å². The molecule has 10 heteroatoms. The minimum Gasteiger partial charge on any atom is -0.508 e. The molecule has 822 valence electrons. The fraction of sp³-hybridized carbons (Fsp3) is 0.562. The van der Waals surface area contributed by atoms with Gasteiger partial charge in [0.2, 0.25) is 0 Å². The topological polar surface area (TPSA) is 114 Å². The number of benzene rings is 10. The number of para-hydroxylation sites is 3. The molecule has 10 aromatic rings. The van der Waals surface area contributed by atoms with Gasteiger partial charge >= 0.3 is 0 Å². The standard InChI is InChI=1S/2C16H26O.3C14H22O.3C13H20O.2C12H18O/c1-15(2,3)12-11-13-7-9-14(10-8-13)17-16(4,5)6;1-15(2,3)11-10-13-8-7-9-14(12-13)17-16(4,5)6;1-5-15-13-8-6-12(7-9-13)10-11-14(2,3)4;1-5-15-13-8-6-7-12(11-13)9-10-14(2,3)4;1-5-15-13-9-7-6-8-12(13)10-11-14(2,3)4;1-13(2,3)10-9-11-5-7-12(14-4)8-6-11;1-13(2,3)9-8-11-6-5-7-12(10-11)14-4;1-13(2,3)10-9-11-7-5-6-8-12(11)14-4;1-12(2,3)8-7-10-5-4-6-11(13)9-10;1-12(2,3)9-8-10-6-4-5-7-11(10)13/h7-10H,11-12H2,1-6H3;7-9,12H,10-11H2,1-6H3;6-9H,5,10-11H2,1-4H3;6-8,11H,5,9-10H2,1-4H3;6-9H,5,10-11H2,1-4H3;5-8H,9-10H2,1-4H3;5-7,10H,8-9H2,1-4H3;5-8H,9-10H2,1-4H3;4-6,9,13H,7-8H2,1-3H3;4-7,13H,8-9H2,1-3H3. The molecular formula is C137H214O10. The molecule has 10 rings (SSSR count). The van der Waals surface area contributed by atoms with Crippen molar-refractivity contribution in [1.29, 1.82) is 0 Å². The van der Waals surface area contributed by atoms with Crippen molar-refractivity contribution in [3.05, 3.63) is 298 Å². The van der Waals surface area contributed by atoms with Crippen molar-refractivity contribution in [2.75, 3.05) is 41.2 Å². The monoisotopic (exact) mass is 2020 g/mol. The van der Waals surface area contributed by atoms with E-state index in [2.05, 4.69) is 401 Å². The minimum absolute atomic E-state index is 0.118. The summed E-state index contributed by atoms with van der Waals surface area (Å²) in [6.07, 6.45) is 22.9. The van der Waals surface area contributed by atoms with Gasteiger partial charge in [-0.05, 0) is 404 Å². The second kappa shape index (κ2) is 66.7. The summed E-state index contributed by atoms with van der Waals surface area (Å²) in [7, 11) is 5.14. The smallest absolute Gasteiger partial charge is 0.122 e. The molecule has 0 aliphatic rings. The van der Waals surface area contributed by atoms with Crippen LogP contribution in [0.2, 0.25) is 0 Å². The fourth-order valence-corrected chi connectivity index (χ4v) is 14.2. The normalized spacial score (nSPS) is 11.7. The average molecular weight is 2020 g/mol. The van der Waals surface area contributed by atoms with Gasteiger partial charge in [0.15, 0.2) is 0 Å². The van der Waals surface area contributed by atoms with Gasteiger partial charge in [0.1, 0.15) is 68.7 Å². The molecule has 0 heterocycles. The van der Waals surface area contributed by atoms with E-state index in [1.807, 2.05) is 99.6 Å². The van der Waals surface area contributed by atoms with Crippen LogP contribution in [0.1, 0.15) is 390 Å². The van der Waals surface area contributed by atoms with Crippen molar-refractivity contribution in [3.63, 3.8) is 0 Å². The third-order valence-electron chi connectivity index (χ3n) is 23.4. The Labute approximate surface area is 903 Å². The highest BCUT2D eigenvalue weighted by atomic mass is 16.5. The van der Waals surface area contributed by atoms with Crippen molar-refractivity contribution in [2.45, 2.75) is 410 Å². The first-order chi connectivity index (χ1) is 67.9. The summed E-state index contributed by atoms with van der Waals surface area (Å²) in [6.45, 7) is 88.7. The number of rotatable bonds is 31. The Morgan fingerprint density at radius 3 is 0.769 bits per heavy atom. The lowest BCUT2D eigenvalue weighted by atomic mass is 9.88. The molecule has 0 fully saturated rings. The van der Waals surface area contributed by atoms with Crippen LogP contribution >= 0.6 is 0 Å². The highest BCUT2D eigenvalue weighted by molar-refractivity contribution is 5.38. The molecule has 0 bridgehead atoms. The van der Waals surface area contributed by atoms with Gasteiger partial charge in [-0.3, -0.25) is 0 Å². The summed E-state index contributed by atoms with van der Waals surface area (Å²) >= 11 is 0. The Morgan fingerprint density at radius 2 is 0.442 bits per heavy atom. The summed E-state index contributed by atoms with van der Waals surface area (Å²) in [6, 6.07) is 82.1. The summed E-state index contributed by atoms with van der Waals surface area (Å²) in [4.78, 5) is 0. The average Bonchev–Trinajstić information content (AvgIpc) is 0.978. The Kier molecular flexibility index (Phi) is 61.3. The van der Waals surface area contributed by atoms with Crippen LogP contribution in [0.5, 0.6) is 57.5 Å². The highest BCUT2D eigenvalue weighted by Crippen LogP contribution is 2.35. The minimum atomic E-state index is -0.122. The van der Waals surface area contributed by atoms with E-state index in [1.165, 1.54) is 101 Å². The maximum Gasteiger partial charge on any atom is 0.122 e. The van der Waals surface area contributed by atoms with Crippen LogP contribution in [0.25, 0.3) is 0 Å². The van der Waals surface area contributed by atoms with E-state index in [9.17, 15) is 10.2 Å². The zero-order valence-corrected chi connectivity index (χ0v) is 102. The summed E-state index contributed by atoms with van der Waals surface area (Å²) in [5, 5.41) is 18.7. The van der Waals surface area contributed by atoms with Crippen molar-refractivity contribution in [2.24, 2.45) is 54.1 Å². The summed E-state index contributed by atoms with van der Waals surface area (Å²) in [5.41, 5.74) is 16.9. The van der Waals surface area contributed by atoms with Gasteiger partial charge in [-0.1, -0.05) is 347 Å². The first kappa shape index (κ1) is 135. The van der Waals surface area contributed by atoms with E-state index in [1.54, 1.807) is 33.5 Å². The van der Waals surface area contributed by atoms with Gasteiger partial charge < -0.3 is 48.1 Å². The van der Waals surface area contributed by atoms with Crippen LogP contribution in [-0.2, 0) is 64.2 Å². The number of phenols is 2. The van der Waals surface area contributed by atoms with Gasteiger partial charge in [-0.15, -0.1) is 0 Å². The molecule has 0 radical (unpaired) electrons. The van der Waals surface area contributed by atoms with E-state index >= 15 is 0 Å². The lowest BCUT2D eigenvalue weighted by Gasteiger charge is -2.22. The van der Waals surface area contributed by atoms with Gasteiger partial charge in [0.25, 0.3) is 0 Å². The van der Waals surface area contributed by atoms with Crippen LogP contribution in [-0.4, -0.2) is 62.6 Å². The van der Waals surface area contributed by atoms with Crippen molar-refractivity contribution < 1.29 is 48.1 Å². The number of hydrogen-bond acceptors (Lipinski definition) is 10. The molecule has 10 aromatic carbocycles. The molecule has 0 saturated carbocycles. The number of phenolic OH excluding ortho intramolecular Hbond substituents is 2. The molecular weight excluding hydrogens is 1810 g/mol. The zero-order chi connectivity index (χ0) is 112. The molecule has 147 heavy (non-hydrogen) atoms. The quantitative estimate of drug-likeness (QED) is 0.0435. The predicted molar refractivity (Wildman–Crippen MR) is 639 cm³/mol. The predicted octanol–water partition coefficient (Wildman–Crippen LogP) is 39.6. The van der Waals surface area contributed by atoms with Crippen LogP contribution in [0.3, 0.4) is 0 Å². The third-order valence-corrected chi connectivity index (χ3v) is 23.4. The maximum atomic E-state index is 9.51. The molecule has 0 aliphatic carbocycles. The lowest BCUT2D eigenvalue weighted by molar-refractivity contribution is 0.130. The van der Waals surface area contributed by atoms with E-state index in [-0.39, 0.29) is 11.2 Å². The molecule has 0 aromatic heterocycles. The zero-order valence-electron chi connectivity index (χ0n) is 102. The molecule has 0 atom stereocenters. The van der Waals surface area contributed by atoms with Crippen LogP contribution < -0.4 is 37.9 Å². The third kappa shape index (κ3) is 77.2. The molecule has 10 nitrogen and oxygen atoms in total. The van der Waals surface area contributed by atoms with Crippen LogP contribution in [0.4, 0.5) is 0 Å². The fourth-order valence-electron chi connectivity index (χ4n) is 14.2. The Balaban J connectivity index is 0.000000818. The Bertz CT molecular complexity index is 5060. The number of ether oxygens (including phenoxy) is 8. The van der Waals surface area contributed by atoms with E-state index in [0.717, 1.165) is 148 Å². The molecule has 2 N–H and O–H groups in total. The molecule has 0 amide bonds. The maximum absolute atomic E-state index is 9.51. The van der Waals surface area contributed by atoms with E-state index in [4.69, 9.17) is 37.9 Å².